The molecule has 3 aromatic carbocycles. The first-order valence-corrected chi connectivity index (χ1v) is 13.8. The van der Waals surface area contributed by atoms with Gasteiger partial charge < -0.3 is 23.7 Å². The molecule has 0 bridgehead atoms. The second-order valence-corrected chi connectivity index (χ2v) is 10.4. The lowest BCUT2D eigenvalue weighted by Gasteiger charge is -2.24. The Morgan fingerprint density at radius 2 is 1.83 bits per heavy atom. The summed E-state index contributed by atoms with van der Waals surface area (Å²) in [7, 11) is 3.09. The summed E-state index contributed by atoms with van der Waals surface area (Å²) < 4.78 is 23.1. The molecule has 3 heterocycles. The number of carbonyl (C=O) groups excluding carboxylic acids is 2. The zero-order valence-corrected chi connectivity index (χ0v) is 23.4. The van der Waals surface area contributed by atoms with Gasteiger partial charge in [0.05, 0.1) is 42.7 Å². The highest BCUT2D eigenvalue weighted by Crippen LogP contribution is 2.45. The van der Waals surface area contributed by atoms with Gasteiger partial charge in [-0.3, -0.25) is 14.5 Å². The molecule has 0 radical (unpaired) electrons. The molecule has 5 aromatic rings. The maximum atomic E-state index is 14.0. The van der Waals surface area contributed by atoms with Crippen LogP contribution in [0.4, 0.5) is 5.13 Å². The van der Waals surface area contributed by atoms with Crippen LogP contribution in [-0.4, -0.2) is 42.6 Å². The molecule has 6 rings (SSSR count). The van der Waals surface area contributed by atoms with Gasteiger partial charge in [0, 0.05) is 5.39 Å². The number of methoxy groups -OCH3 is 2. The molecular formula is C31H26N2O7S. The van der Waals surface area contributed by atoms with Crippen molar-refractivity contribution < 1.29 is 33.3 Å². The maximum absolute atomic E-state index is 14.0. The van der Waals surface area contributed by atoms with Gasteiger partial charge in [-0.25, -0.2) is 4.98 Å². The third-order valence-electron chi connectivity index (χ3n) is 6.86. The van der Waals surface area contributed by atoms with Crippen molar-refractivity contribution in [1.29, 1.82) is 0 Å². The number of carbonyl (C=O) groups is 2. The minimum absolute atomic E-state index is 0.0253. The Bertz CT molecular complexity index is 1820. The number of ketones is 1. The molecule has 1 atom stereocenters. The van der Waals surface area contributed by atoms with Crippen molar-refractivity contribution in [2.75, 3.05) is 25.7 Å². The van der Waals surface area contributed by atoms with Crippen molar-refractivity contribution in [3.05, 3.63) is 89.4 Å². The van der Waals surface area contributed by atoms with Crippen LogP contribution in [0.3, 0.4) is 0 Å². The van der Waals surface area contributed by atoms with E-state index >= 15 is 0 Å². The van der Waals surface area contributed by atoms with Crippen molar-refractivity contribution >= 4 is 49.3 Å². The number of aliphatic hydroxyl groups is 1. The van der Waals surface area contributed by atoms with E-state index in [0.29, 0.717) is 51.0 Å². The first-order chi connectivity index (χ1) is 19.9. The monoisotopic (exact) mass is 570 g/mol. The fourth-order valence-electron chi connectivity index (χ4n) is 4.88. The Balaban J connectivity index is 1.47. The Labute approximate surface area is 239 Å². The Morgan fingerprint density at radius 3 is 2.56 bits per heavy atom. The Hall–Kier alpha value is -4.83. The van der Waals surface area contributed by atoms with Crippen LogP contribution >= 0.6 is 11.3 Å². The molecule has 0 aliphatic carbocycles. The van der Waals surface area contributed by atoms with Gasteiger partial charge in [0.2, 0.25) is 5.78 Å². The van der Waals surface area contributed by atoms with Crippen molar-refractivity contribution in [2.45, 2.75) is 19.4 Å². The number of nitrogens with zero attached hydrogens (tertiary/aromatic N) is 2. The van der Waals surface area contributed by atoms with E-state index in [2.05, 4.69) is 4.98 Å². The third kappa shape index (κ3) is 4.55. The van der Waals surface area contributed by atoms with Crippen molar-refractivity contribution in [3.8, 4) is 17.2 Å². The molecule has 1 aliphatic rings. The molecule has 208 valence electrons. The summed E-state index contributed by atoms with van der Waals surface area (Å²) in [6, 6.07) is 18.4. The number of para-hydroxylation sites is 1. The average molecular weight is 571 g/mol. The summed E-state index contributed by atoms with van der Waals surface area (Å²) in [5.74, 6) is -0.257. The normalized spacial score (nSPS) is 15.2. The zero-order valence-electron chi connectivity index (χ0n) is 22.5. The summed E-state index contributed by atoms with van der Waals surface area (Å²) in [6.45, 7) is 2.57. The number of benzene rings is 3. The van der Waals surface area contributed by atoms with Crippen LogP contribution in [0.15, 0.2) is 82.5 Å². The third-order valence-corrected chi connectivity index (χ3v) is 7.88. The van der Waals surface area contributed by atoms with Gasteiger partial charge in [-0.1, -0.05) is 42.5 Å². The number of ether oxygens (including phenoxy) is 3. The fourth-order valence-corrected chi connectivity index (χ4v) is 5.90. The summed E-state index contributed by atoms with van der Waals surface area (Å²) in [5, 5.41) is 12.2. The highest BCUT2D eigenvalue weighted by atomic mass is 32.1. The van der Waals surface area contributed by atoms with Crippen LogP contribution in [0.1, 0.15) is 35.5 Å². The number of amides is 1. The standard InChI is InChI=1S/C31H26N2O7S/c1-4-14-39-19-10-8-17(9-11-19)26-25(27(34)23-15-18-6-5-7-22(38-3)29(18)40-23)28(35)30(36)33(26)31-32-21-13-12-20(37-2)16-24(21)41-31/h5-13,15-16,26,35H,4,14H2,1-3H3. The lowest BCUT2D eigenvalue weighted by atomic mass is 9.95. The Kier molecular flexibility index (Phi) is 6.84. The second-order valence-electron chi connectivity index (χ2n) is 9.41. The summed E-state index contributed by atoms with van der Waals surface area (Å²) >= 11 is 1.26. The van der Waals surface area contributed by atoms with Gasteiger partial charge in [0.15, 0.2) is 28.0 Å². The topological polar surface area (TPSA) is 111 Å². The highest BCUT2D eigenvalue weighted by Gasteiger charge is 2.46. The van der Waals surface area contributed by atoms with E-state index in [-0.39, 0.29) is 11.3 Å². The summed E-state index contributed by atoms with van der Waals surface area (Å²) in [5.41, 5.74) is 1.55. The molecule has 9 nitrogen and oxygen atoms in total. The molecule has 41 heavy (non-hydrogen) atoms. The summed E-state index contributed by atoms with van der Waals surface area (Å²) in [4.78, 5) is 33.7. The van der Waals surface area contributed by atoms with Crippen LogP contribution in [0.25, 0.3) is 21.2 Å². The SMILES string of the molecule is CCCOc1ccc(C2C(C(=O)c3cc4cccc(OC)c4o3)=C(O)C(=O)N2c2nc3ccc(OC)cc3s2)cc1. The van der Waals surface area contributed by atoms with E-state index < -0.39 is 23.5 Å². The predicted octanol–water partition coefficient (Wildman–Crippen LogP) is 6.63. The lowest BCUT2D eigenvalue weighted by Crippen LogP contribution is -2.30. The maximum Gasteiger partial charge on any atom is 0.296 e. The van der Waals surface area contributed by atoms with Crippen LogP contribution in [0.2, 0.25) is 0 Å². The molecular weight excluding hydrogens is 544 g/mol. The van der Waals surface area contributed by atoms with Gasteiger partial charge in [-0.2, -0.15) is 0 Å². The zero-order chi connectivity index (χ0) is 28.7. The molecule has 2 aromatic heterocycles. The highest BCUT2D eigenvalue weighted by molar-refractivity contribution is 7.22. The van der Waals surface area contributed by atoms with Gasteiger partial charge in [0.25, 0.3) is 5.91 Å². The second kappa shape index (κ2) is 10.6. The van der Waals surface area contributed by atoms with Gasteiger partial charge in [-0.05, 0) is 54.4 Å². The lowest BCUT2D eigenvalue weighted by molar-refractivity contribution is -0.117. The predicted molar refractivity (Wildman–Crippen MR) is 155 cm³/mol. The van der Waals surface area contributed by atoms with Gasteiger partial charge in [-0.15, -0.1) is 0 Å². The van der Waals surface area contributed by atoms with Crippen LogP contribution < -0.4 is 19.1 Å². The number of Topliss-reactive ketones (excluding diaryl/α,β-unsaturated/α-hetero) is 1. The smallest absolute Gasteiger partial charge is 0.296 e. The van der Waals surface area contributed by atoms with Gasteiger partial charge >= 0.3 is 0 Å². The number of aromatic nitrogens is 1. The Morgan fingerprint density at radius 1 is 1.05 bits per heavy atom. The number of aliphatic hydroxyl groups excluding tert-OH is 1. The molecule has 0 saturated heterocycles. The number of furan rings is 1. The van der Waals surface area contributed by atoms with E-state index in [9.17, 15) is 14.7 Å². The van der Waals surface area contributed by atoms with E-state index in [1.807, 2.05) is 13.0 Å². The van der Waals surface area contributed by atoms with E-state index in [1.165, 1.54) is 23.3 Å². The molecule has 1 aliphatic heterocycles. The molecule has 1 unspecified atom stereocenters. The van der Waals surface area contributed by atoms with Crippen molar-refractivity contribution in [1.82, 2.24) is 4.98 Å². The van der Waals surface area contributed by atoms with Crippen LogP contribution in [0, 0.1) is 0 Å². The number of anilines is 1. The van der Waals surface area contributed by atoms with E-state index in [0.717, 1.165) is 11.1 Å². The number of fused-ring (bicyclic) bond motifs is 2. The number of hydrogen-bond acceptors (Lipinski definition) is 9. The quantitative estimate of drug-likeness (QED) is 0.197. The number of rotatable bonds is 9. The van der Waals surface area contributed by atoms with E-state index in [4.69, 9.17) is 18.6 Å². The van der Waals surface area contributed by atoms with Crippen molar-refractivity contribution in [3.63, 3.8) is 0 Å². The van der Waals surface area contributed by atoms with Crippen LogP contribution in [-0.2, 0) is 4.79 Å². The molecule has 10 heteroatoms. The largest absolute Gasteiger partial charge is 0.503 e. The number of hydrogen-bond donors (Lipinski definition) is 1. The minimum Gasteiger partial charge on any atom is -0.503 e. The molecule has 0 saturated carbocycles. The summed E-state index contributed by atoms with van der Waals surface area (Å²) in [6.07, 6.45) is 0.854. The first-order valence-electron chi connectivity index (χ1n) is 13.0. The average Bonchev–Trinajstić information content (AvgIpc) is 3.69. The first kappa shape index (κ1) is 26.4. The fraction of sp³-hybridized carbons (Fsp3) is 0.194. The molecule has 0 fully saturated rings. The van der Waals surface area contributed by atoms with E-state index in [1.54, 1.807) is 67.8 Å². The molecule has 1 amide bonds. The minimum atomic E-state index is -0.965. The van der Waals surface area contributed by atoms with Gasteiger partial charge in [0.1, 0.15) is 11.5 Å². The number of thiazole rings is 1. The molecule has 0 spiro atoms. The van der Waals surface area contributed by atoms with Crippen LogP contribution in [0.5, 0.6) is 17.2 Å². The molecule has 1 N–H and O–H groups in total. The van der Waals surface area contributed by atoms with Crippen molar-refractivity contribution in [2.24, 2.45) is 0 Å².